The summed E-state index contributed by atoms with van der Waals surface area (Å²) in [4.78, 5) is 0. The maximum absolute atomic E-state index is 11.1. The molecule has 1 saturated heterocycles. The van der Waals surface area contributed by atoms with Crippen LogP contribution in [-0.2, 0) is 9.84 Å². The second-order valence-electron chi connectivity index (χ2n) is 2.79. The van der Waals surface area contributed by atoms with Crippen LogP contribution in [0.5, 0.6) is 0 Å². The van der Waals surface area contributed by atoms with Gasteiger partial charge in [0.15, 0.2) is 9.84 Å². The summed E-state index contributed by atoms with van der Waals surface area (Å²) in [5.41, 5.74) is 0. The molecule has 1 aliphatic rings. The zero-order chi connectivity index (χ0) is 7.07. The molecule has 0 aromatic carbocycles. The predicted octanol–water partition coefficient (Wildman–Crippen LogP) is 0.972. The van der Waals surface area contributed by atoms with Gasteiger partial charge >= 0.3 is 0 Å². The number of rotatable bonds is 0. The summed E-state index contributed by atoms with van der Waals surface area (Å²) < 4.78 is 22.2. The van der Waals surface area contributed by atoms with E-state index in [1.54, 1.807) is 13.8 Å². The molecule has 1 aliphatic heterocycles. The van der Waals surface area contributed by atoms with Crippen LogP contribution in [0.2, 0.25) is 0 Å². The first-order chi connectivity index (χ1) is 4.05. The van der Waals surface area contributed by atoms with Crippen LogP contribution in [0, 0.1) is 0 Å². The summed E-state index contributed by atoms with van der Waals surface area (Å²) in [6.07, 6.45) is 1.70. The third kappa shape index (κ3) is 0.980. The Morgan fingerprint density at radius 1 is 1.11 bits per heavy atom. The molecule has 0 saturated carbocycles. The fraction of sp³-hybridized carbons (Fsp3) is 1.00. The Balaban J connectivity index is 2.93. The molecule has 0 aliphatic carbocycles. The lowest BCUT2D eigenvalue weighted by molar-refractivity contribution is 0.587. The standard InChI is InChI=1S/C6H12O2S/c1-5-3-4-6(2)9(5,7)8/h5-6H,3-4H2,1-2H3/t5-,6?/m1/s1. The van der Waals surface area contributed by atoms with Gasteiger partial charge in [-0.05, 0) is 26.7 Å². The van der Waals surface area contributed by atoms with Crippen LogP contribution >= 0.6 is 0 Å². The average molecular weight is 148 g/mol. The first-order valence-corrected chi connectivity index (χ1v) is 4.89. The average Bonchev–Trinajstić information content (AvgIpc) is 1.96. The van der Waals surface area contributed by atoms with Crippen molar-refractivity contribution >= 4 is 9.84 Å². The smallest absolute Gasteiger partial charge is 0.155 e. The summed E-state index contributed by atoms with van der Waals surface area (Å²) in [7, 11) is -2.70. The predicted molar refractivity (Wildman–Crippen MR) is 37.1 cm³/mol. The molecule has 0 aromatic heterocycles. The van der Waals surface area contributed by atoms with Gasteiger partial charge in [-0.2, -0.15) is 0 Å². The van der Waals surface area contributed by atoms with Gasteiger partial charge in [-0.1, -0.05) is 0 Å². The van der Waals surface area contributed by atoms with Crippen LogP contribution in [0.25, 0.3) is 0 Å². The Morgan fingerprint density at radius 2 is 1.44 bits per heavy atom. The third-order valence-corrected chi connectivity index (χ3v) is 4.82. The Hall–Kier alpha value is -0.0500. The third-order valence-electron chi connectivity index (χ3n) is 2.10. The van der Waals surface area contributed by atoms with E-state index in [2.05, 4.69) is 0 Å². The number of hydrogen-bond acceptors (Lipinski definition) is 2. The van der Waals surface area contributed by atoms with E-state index in [9.17, 15) is 8.42 Å². The lowest BCUT2D eigenvalue weighted by atomic mass is 10.2. The maximum atomic E-state index is 11.1. The molecule has 3 heteroatoms. The summed E-state index contributed by atoms with van der Waals surface area (Å²) in [5.74, 6) is 0. The van der Waals surface area contributed by atoms with Gasteiger partial charge < -0.3 is 0 Å². The molecular formula is C6H12O2S. The Kier molecular flexibility index (Phi) is 1.55. The van der Waals surface area contributed by atoms with Crippen LogP contribution in [0.15, 0.2) is 0 Å². The highest BCUT2D eigenvalue weighted by Gasteiger charge is 2.34. The monoisotopic (exact) mass is 148 g/mol. The van der Waals surface area contributed by atoms with E-state index in [-0.39, 0.29) is 10.5 Å². The lowest BCUT2D eigenvalue weighted by Crippen LogP contribution is -2.17. The molecule has 9 heavy (non-hydrogen) atoms. The van der Waals surface area contributed by atoms with Crippen molar-refractivity contribution in [2.24, 2.45) is 0 Å². The topological polar surface area (TPSA) is 34.1 Å². The minimum atomic E-state index is -2.70. The first kappa shape index (κ1) is 7.06. The van der Waals surface area contributed by atoms with E-state index in [1.165, 1.54) is 0 Å². The number of sulfone groups is 1. The van der Waals surface area contributed by atoms with Crippen LogP contribution in [0.1, 0.15) is 26.7 Å². The van der Waals surface area contributed by atoms with Crippen LogP contribution < -0.4 is 0 Å². The van der Waals surface area contributed by atoms with E-state index in [0.29, 0.717) is 0 Å². The molecule has 2 nitrogen and oxygen atoms in total. The van der Waals surface area contributed by atoms with Crippen molar-refractivity contribution in [1.29, 1.82) is 0 Å². The van der Waals surface area contributed by atoms with Gasteiger partial charge in [0.2, 0.25) is 0 Å². The Bertz CT molecular complexity index is 177. The van der Waals surface area contributed by atoms with Crippen molar-refractivity contribution in [2.45, 2.75) is 37.2 Å². The second-order valence-corrected chi connectivity index (χ2v) is 5.58. The van der Waals surface area contributed by atoms with Crippen molar-refractivity contribution < 1.29 is 8.42 Å². The van der Waals surface area contributed by atoms with E-state index in [4.69, 9.17) is 0 Å². The van der Waals surface area contributed by atoms with Gasteiger partial charge in [0.25, 0.3) is 0 Å². The minimum absolute atomic E-state index is 0.0903. The van der Waals surface area contributed by atoms with E-state index in [0.717, 1.165) is 12.8 Å². The highest BCUT2D eigenvalue weighted by atomic mass is 32.2. The largest absolute Gasteiger partial charge is 0.228 e. The molecule has 0 bridgehead atoms. The fourth-order valence-corrected chi connectivity index (χ4v) is 2.92. The molecular weight excluding hydrogens is 136 g/mol. The molecule has 0 radical (unpaired) electrons. The van der Waals surface area contributed by atoms with Gasteiger partial charge in [-0.3, -0.25) is 0 Å². The Labute approximate surface area is 56.2 Å². The highest BCUT2D eigenvalue weighted by Crippen LogP contribution is 2.25. The molecule has 0 amide bonds. The molecule has 2 atom stereocenters. The van der Waals surface area contributed by atoms with E-state index in [1.807, 2.05) is 0 Å². The van der Waals surface area contributed by atoms with Crippen LogP contribution in [0.3, 0.4) is 0 Å². The molecule has 54 valence electrons. The van der Waals surface area contributed by atoms with Crippen molar-refractivity contribution in [3.8, 4) is 0 Å². The van der Waals surface area contributed by atoms with Crippen LogP contribution in [0.4, 0.5) is 0 Å². The van der Waals surface area contributed by atoms with Crippen molar-refractivity contribution in [2.75, 3.05) is 0 Å². The first-order valence-electron chi connectivity index (χ1n) is 3.28. The van der Waals surface area contributed by atoms with Gasteiger partial charge in [0.05, 0.1) is 10.5 Å². The maximum Gasteiger partial charge on any atom is 0.155 e. The van der Waals surface area contributed by atoms with Gasteiger partial charge in [-0.25, -0.2) is 8.42 Å². The molecule has 1 heterocycles. The van der Waals surface area contributed by atoms with E-state index >= 15 is 0 Å². The Morgan fingerprint density at radius 3 is 1.56 bits per heavy atom. The van der Waals surface area contributed by atoms with Crippen molar-refractivity contribution in [3.05, 3.63) is 0 Å². The molecule has 0 spiro atoms. The zero-order valence-electron chi connectivity index (χ0n) is 5.79. The summed E-state index contributed by atoms with van der Waals surface area (Å²) in [6, 6.07) is 0. The second kappa shape index (κ2) is 1.97. The number of hydrogen-bond donors (Lipinski definition) is 0. The highest BCUT2D eigenvalue weighted by molar-refractivity contribution is 7.92. The summed E-state index contributed by atoms with van der Waals surface area (Å²) in [5, 5.41) is -0.181. The summed E-state index contributed by atoms with van der Waals surface area (Å²) >= 11 is 0. The quantitative estimate of drug-likeness (QED) is 0.513. The van der Waals surface area contributed by atoms with Gasteiger partial charge in [0.1, 0.15) is 0 Å². The van der Waals surface area contributed by atoms with Gasteiger partial charge in [-0.15, -0.1) is 0 Å². The normalized spacial score (nSPS) is 41.1. The SMILES string of the molecule is CC1CC[C@@H](C)S1(=O)=O. The molecule has 1 unspecified atom stereocenters. The minimum Gasteiger partial charge on any atom is -0.228 e. The molecule has 0 aromatic rings. The van der Waals surface area contributed by atoms with E-state index < -0.39 is 9.84 Å². The van der Waals surface area contributed by atoms with Gasteiger partial charge in [0, 0.05) is 0 Å². The lowest BCUT2D eigenvalue weighted by Gasteiger charge is -2.02. The molecule has 1 fully saturated rings. The van der Waals surface area contributed by atoms with Crippen molar-refractivity contribution in [1.82, 2.24) is 0 Å². The fourth-order valence-electron chi connectivity index (χ4n) is 1.19. The molecule has 1 rings (SSSR count). The molecule has 0 N–H and O–H groups in total. The summed E-state index contributed by atoms with van der Waals surface area (Å²) in [6.45, 7) is 3.58. The zero-order valence-corrected chi connectivity index (χ0v) is 6.61. The van der Waals surface area contributed by atoms with Crippen LogP contribution in [-0.4, -0.2) is 18.9 Å². The van der Waals surface area contributed by atoms with Crippen molar-refractivity contribution in [3.63, 3.8) is 0 Å².